The van der Waals surface area contributed by atoms with Gasteiger partial charge in [0.25, 0.3) is 0 Å². The first-order chi connectivity index (χ1) is 22.7. The Morgan fingerprint density at radius 1 is 0.820 bits per heavy atom. The Labute approximate surface area is 313 Å². The first kappa shape index (κ1) is 50.0. The van der Waals surface area contributed by atoms with E-state index in [1.165, 1.54) is 33.5 Å². The van der Waals surface area contributed by atoms with Gasteiger partial charge < -0.3 is 10.1 Å². The Morgan fingerprint density at radius 2 is 1.16 bits per heavy atom. The molecule has 0 unspecified atom stereocenters. The smallest absolute Gasteiger partial charge is 0.382 e. The van der Waals surface area contributed by atoms with Gasteiger partial charge in [0.1, 0.15) is 0 Å². The van der Waals surface area contributed by atoms with Crippen LogP contribution in [-0.2, 0) is 35.1 Å². The van der Waals surface area contributed by atoms with Crippen molar-refractivity contribution in [3.8, 4) is 0 Å². The van der Waals surface area contributed by atoms with E-state index in [-0.39, 0.29) is 5.41 Å². The van der Waals surface area contributed by atoms with Gasteiger partial charge in [-0.15, -0.1) is 5.69 Å². The zero-order valence-corrected chi connectivity index (χ0v) is 35.3. The van der Waals surface area contributed by atoms with Crippen molar-refractivity contribution in [3.05, 3.63) is 87.4 Å². The van der Waals surface area contributed by atoms with Gasteiger partial charge in [-0.05, 0) is 38.0 Å². The van der Waals surface area contributed by atoms with Crippen LogP contribution in [0, 0.1) is 5.41 Å². The second-order valence-electron chi connectivity index (χ2n) is 14.2. The summed E-state index contributed by atoms with van der Waals surface area (Å²) in [6.07, 6.45) is 4.48. The van der Waals surface area contributed by atoms with Gasteiger partial charge in [-0.25, -0.2) is 0 Å². The van der Waals surface area contributed by atoms with Crippen molar-refractivity contribution in [1.82, 2.24) is 0 Å². The maximum atomic E-state index is 10.7. The summed E-state index contributed by atoms with van der Waals surface area (Å²) in [6.45, 7) is 34.4. The van der Waals surface area contributed by atoms with Gasteiger partial charge in [0, 0.05) is 13.2 Å². The third kappa shape index (κ3) is 20.1. The maximum absolute atomic E-state index is 10.7. The molecule has 2 aromatic carbocycles. The van der Waals surface area contributed by atoms with Crippen molar-refractivity contribution in [2.45, 2.75) is 133 Å². The van der Waals surface area contributed by atoms with Crippen LogP contribution in [-0.4, -0.2) is 31.7 Å². The summed E-state index contributed by atoms with van der Waals surface area (Å²) in [5, 5.41) is 4.99. The SMILES string of the molecule is CC(=CC(C)(C)C)C=C(C)[N-]c1c(C(C)C)cccc1C(C)C.CC(C)c1cccc(C(C)C)c1[N]=[Ti+].CCOCC.O=S(=O)(O)C(F)(F)F. The number of hydrogen-bond donors (Lipinski definition) is 1. The Kier molecular flexibility index (Phi) is 23.5. The number of hydrogen-bond acceptors (Lipinski definition) is 4. The number of allylic oxidation sites excluding steroid dienone is 4. The summed E-state index contributed by atoms with van der Waals surface area (Å²) in [4.78, 5) is 0. The molecule has 2 aromatic rings. The summed E-state index contributed by atoms with van der Waals surface area (Å²) >= 11 is 1.88. The molecule has 0 amide bonds. The molecule has 50 heavy (non-hydrogen) atoms. The largest absolute Gasteiger partial charge is 0.522 e. The predicted molar refractivity (Wildman–Crippen MR) is 201 cm³/mol. The van der Waals surface area contributed by atoms with Crippen LogP contribution in [0.5, 0.6) is 0 Å². The molecule has 0 spiro atoms. The van der Waals surface area contributed by atoms with Crippen molar-refractivity contribution in [2.75, 3.05) is 13.2 Å². The van der Waals surface area contributed by atoms with Crippen molar-refractivity contribution in [1.29, 1.82) is 0 Å². The maximum Gasteiger partial charge on any atom is 0.522 e. The van der Waals surface area contributed by atoms with Crippen LogP contribution < -0.4 is 0 Å². The molecule has 0 heterocycles. The summed E-state index contributed by atoms with van der Waals surface area (Å²) < 4.78 is 66.8. The Bertz CT molecular complexity index is 1420. The fourth-order valence-corrected chi connectivity index (χ4v) is 5.15. The molecule has 0 atom stereocenters. The predicted octanol–water partition coefficient (Wildman–Crippen LogP) is 13.6. The zero-order valence-electron chi connectivity index (χ0n) is 33.0. The molecule has 0 saturated carbocycles. The normalized spacial score (nSPS) is 12.6. The average molecular weight is 760 g/mol. The van der Waals surface area contributed by atoms with E-state index in [1.807, 2.05) is 34.1 Å². The summed E-state index contributed by atoms with van der Waals surface area (Å²) in [5.41, 5.74) is 4.74. The minimum atomic E-state index is -5.84. The topological polar surface area (TPSA) is 90.1 Å². The third-order valence-electron chi connectivity index (χ3n) is 6.88. The van der Waals surface area contributed by atoms with Crippen molar-refractivity contribution >= 4 is 21.5 Å². The molecule has 2 rings (SSSR count). The number of nitrogens with zero attached hydrogens (tertiary/aromatic N) is 2. The van der Waals surface area contributed by atoms with E-state index in [1.54, 1.807) is 0 Å². The van der Waals surface area contributed by atoms with Gasteiger partial charge in [0.05, 0.1) is 0 Å². The number of alkyl halides is 3. The van der Waals surface area contributed by atoms with Crippen LogP contribution in [0.25, 0.3) is 5.32 Å². The first-order valence-corrected chi connectivity index (χ1v) is 19.2. The molecular weight excluding hydrogens is 697 g/mol. The summed E-state index contributed by atoms with van der Waals surface area (Å²) in [7, 11) is -5.84. The van der Waals surface area contributed by atoms with E-state index >= 15 is 0 Å². The molecular formula is C39H62F3N2O4STi. The standard InChI is InChI=1S/C22H34N.C12H17N.C4H10O.CHF3O3S.Ti/c1-15(2)19-11-10-12-20(16(3)4)21(19)23-18(6)13-17(5)14-22(7,8)9;1-8(2)10-6-5-7-11(9(3)4)12(10)13;1-3-5-4-2;2-1(3,4)8(5,6)7;/h10-16H,1-9H3;5-9H,1-4H3;3-4H2,1-2H3;(H,5,6,7);/q-1;;;;+1. The van der Waals surface area contributed by atoms with E-state index in [2.05, 4.69) is 142 Å². The number of ether oxygens (including phenoxy) is 1. The van der Waals surface area contributed by atoms with Crippen LogP contribution in [0.1, 0.15) is 150 Å². The fraction of sp³-hybridized carbons (Fsp3) is 0.590. The second-order valence-corrected chi connectivity index (χ2v) is 15.9. The quantitative estimate of drug-likeness (QED) is 0.113. The van der Waals surface area contributed by atoms with Crippen molar-refractivity contribution < 1.29 is 51.1 Å². The molecule has 0 bridgehead atoms. The number of rotatable bonds is 10. The molecule has 0 aliphatic carbocycles. The van der Waals surface area contributed by atoms with E-state index in [0.717, 1.165) is 24.6 Å². The van der Waals surface area contributed by atoms with Gasteiger partial charge in [-0.2, -0.15) is 27.3 Å². The molecule has 0 saturated heterocycles. The van der Waals surface area contributed by atoms with Gasteiger partial charge >= 0.3 is 114 Å². The molecule has 0 aliphatic heterocycles. The van der Waals surface area contributed by atoms with Gasteiger partial charge in [0.15, 0.2) is 0 Å². The fourth-order valence-electron chi connectivity index (χ4n) is 4.75. The molecule has 0 radical (unpaired) electrons. The van der Waals surface area contributed by atoms with Crippen molar-refractivity contribution in [2.24, 2.45) is 8.83 Å². The summed E-state index contributed by atoms with van der Waals surface area (Å²) in [5.74, 6) is 2.05. The van der Waals surface area contributed by atoms with E-state index in [0.29, 0.717) is 23.7 Å². The molecule has 11 heteroatoms. The van der Waals surface area contributed by atoms with Crippen LogP contribution in [0.3, 0.4) is 0 Å². The van der Waals surface area contributed by atoms with Crippen LogP contribution >= 0.6 is 0 Å². The molecule has 1 N–H and O–H groups in total. The van der Waals surface area contributed by atoms with Crippen LogP contribution in [0.4, 0.5) is 24.5 Å². The molecule has 0 fully saturated rings. The Hall–Kier alpha value is -2.11. The third-order valence-corrected chi connectivity index (χ3v) is 7.82. The number of halogens is 3. The first-order valence-electron chi connectivity index (χ1n) is 17.1. The number of benzene rings is 2. The van der Waals surface area contributed by atoms with Gasteiger partial charge in [-0.1, -0.05) is 102 Å². The number of para-hydroxylation sites is 1. The monoisotopic (exact) mass is 759 g/mol. The van der Waals surface area contributed by atoms with E-state index < -0.39 is 15.6 Å². The average Bonchev–Trinajstić information content (AvgIpc) is 2.95. The van der Waals surface area contributed by atoms with Crippen molar-refractivity contribution in [3.63, 3.8) is 0 Å². The molecule has 283 valence electrons. The van der Waals surface area contributed by atoms with Gasteiger partial charge in [-0.3, -0.25) is 4.55 Å². The minimum absolute atomic E-state index is 0.194. The molecule has 0 aliphatic rings. The van der Waals surface area contributed by atoms with Crippen LogP contribution in [0.15, 0.2) is 63.2 Å². The van der Waals surface area contributed by atoms with Crippen LogP contribution in [0.2, 0.25) is 0 Å². The van der Waals surface area contributed by atoms with E-state index in [4.69, 9.17) is 23.0 Å². The Balaban J connectivity index is 0. The van der Waals surface area contributed by atoms with E-state index in [9.17, 15) is 13.2 Å². The molecule has 6 nitrogen and oxygen atoms in total. The van der Waals surface area contributed by atoms with Gasteiger partial charge in [0.2, 0.25) is 0 Å². The zero-order chi connectivity index (χ0) is 39.6. The molecule has 0 aromatic heterocycles. The summed E-state index contributed by atoms with van der Waals surface area (Å²) in [6, 6.07) is 13.1. The minimum Gasteiger partial charge on any atom is -0.382 e. The second kappa shape index (κ2) is 23.5. The Morgan fingerprint density at radius 3 is 1.40 bits per heavy atom.